The Balaban J connectivity index is 2.28. The molecule has 0 aromatic heterocycles. The van der Waals surface area contributed by atoms with Gasteiger partial charge in [-0.25, -0.2) is 4.39 Å². The third kappa shape index (κ3) is 3.47. The van der Waals surface area contributed by atoms with Crippen molar-refractivity contribution in [2.24, 2.45) is 5.73 Å². The van der Waals surface area contributed by atoms with Crippen LogP contribution >= 0.6 is 0 Å². The summed E-state index contributed by atoms with van der Waals surface area (Å²) < 4.78 is 13.0. The van der Waals surface area contributed by atoms with Gasteiger partial charge in [0.15, 0.2) is 0 Å². The van der Waals surface area contributed by atoms with E-state index in [1.165, 1.54) is 12.1 Å². The summed E-state index contributed by atoms with van der Waals surface area (Å²) in [5.74, 6) is -0.783. The monoisotopic (exact) mass is 286 g/mol. The van der Waals surface area contributed by atoms with Crippen molar-refractivity contribution < 1.29 is 9.18 Å². The topological polar surface area (TPSA) is 46.3 Å². The molecule has 1 amide bonds. The third-order valence-electron chi connectivity index (χ3n) is 3.46. The molecule has 1 atom stereocenters. The van der Waals surface area contributed by atoms with E-state index in [4.69, 9.17) is 5.73 Å². The molecule has 2 aromatic carbocycles. The first-order chi connectivity index (χ1) is 10.2. The molecule has 2 rings (SSSR count). The molecule has 2 N–H and O–H groups in total. The first kappa shape index (κ1) is 15.2. The minimum Gasteiger partial charge on any atom is -0.329 e. The lowest BCUT2D eigenvalue weighted by Gasteiger charge is -2.26. The van der Waals surface area contributed by atoms with Gasteiger partial charge in [0.1, 0.15) is 5.82 Å². The van der Waals surface area contributed by atoms with Crippen LogP contribution in [0.3, 0.4) is 0 Å². The highest BCUT2D eigenvalue weighted by molar-refractivity contribution is 5.98. The quantitative estimate of drug-likeness (QED) is 0.918. The number of nitrogens with zero attached hydrogens (tertiary/aromatic N) is 1. The van der Waals surface area contributed by atoms with Gasteiger partial charge in [-0.2, -0.15) is 0 Å². The van der Waals surface area contributed by atoms with Crippen LogP contribution in [0.2, 0.25) is 0 Å². The van der Waals surface area contributed by atoms with Crippen LogP contribution in [0.25, 0.3) is 0 Å². The molecular weight excluding hydrogens is 267 g/mol. The van der Waals surface area contributed by atoms with Crippen molar-refractivity contribution in [1.29, 1.82) is 0 Å². The summed E-state index contributed by atoms with van der Waals surface area (Å²) in [6, 6.07) is 15.4. The molecule has 0 aliphatic rings. The highest BCUT2D eigenvalue weighted by Crippen LogP contribution is 2.22. The standard InChI is InChI=1S/C17H19FN2O/c1-2-20(15-10-8-14(18)9-11-15)17(21)16(12-19)13-6-4-3-5-7-13/h3-11,16H,2,12,19H2,1H3. The molecule has 1 unspecified atom stereocenters. The van der Waals surface area contributed by atoms with Gasteiger partial charge in [-0.3, -0.25) is 4.79 Å². The fourth-order valence-corrected chi connectivity index (χ4v) is 2.34. The summed E-state index contributed by atoms with van der Waals surface area (Å²) in [4.78, 5) is 14.4. The third-order valence-corrected chi connectivity index (χ3v) is 3.46. The number of anilines is 1. The van der Waals surface area contributed by atoms with E-state index in [2.05, 4.69) is 0 Å². The summed E-state index contributed by atoms with van der Waals surface area (Å²) in [5, 5.41) is 0. The van der Waals surface area contributed by atoms with E-state index in [9.17, 15) is 9.18 Å². The zero-order valence-corrected chi connectivity index (χ0v) is 12.0. The molecule has 0 saturated heterocycles. The Morgan fingerprint density at radius 1 is 1.14 bits per heavy atom. The normalized spacial score (nSPS) is 12.0. The maximum atomic E-state index is 13.0. The van der Waals surface area contributed by atoms with Crippen molar-refractivity contribution in [2.45, 2.75) is 12.8 Å². The summed E-state index contributed by atoms with van der Waals surface area (Å²) in [7, 11) is 0. The van der Waals surface area contributed by atoms with Gasteiger partial charge in [0, 0.05) is 18.8 Å². The summed E-state index contributed by atoms with van der Waals surface area (Å²) >= 11 is 0. The summed E-state index contributed by atoms with van der Waals surface area (Å²) in [5.41, 5.74) is 7.37. The molecule has 0 bridgehead atoms. The number of carbonyl (C=O) groups is 1. The first-order valence-electron chi connectivity index (χ1n) is 6.99. The van der Waals surface area contributed by atoms with E-state index in [0.29, 0.717) is 12.2 Å². The molecule has 110 valence electrons. The van der Waals surface area contributed by atoms with Gasteiger partial charge >= 0.3 is 0 Å². The number of amides is 1. The maximum Gasteiger partial charge on any atom is 0.235 e. The minimum absolute atomic E-state index is 0.0715. The Hall–Kier alpha value is -2.20. The Morgan fingerprint density at radius 3 is 2.29 bits per heavy atom. The van der Waals surface area contributed by atoms with Gasteiger partial charge in [0.2, 0.25) is 5.91 Å². The number of likely N-dealkylation sites (N-methyl/N-ethyl adjacent to an activating group) is 1. The van der Waals surface area contributed by atoms with Crippen LogP contribution in [0.4, 0.5) is 10.1 Å². The van der Waals surface area contributed by atoms with Crippen LogP contribution in [0.15, 0.2) is 54.6 Å². The molecule has 21 heavy (non-hydrogen) atoms. The number of hydrogen-bond donors (Lipinski definition) is 1. The lowest BCUT2D eigenvalue weighted by atomic mass is 9.97. The molecule has 0 aliphatic carbocycles. The zero-order valence-electron chi connectivity index (χ0n) is 12.0. The fourth-order valence-electron chi connectivity index (χ4n) is 2.34. The smallest absolute Gasteiger partial charge is 0.235 e. The van der Waals surface area contributed by atoms with E-state index >= 15 is 0 Å². The van der Waals surface area contributed by atoms with Gasteiger partial charge in [-0.15, -0.1) is 0 Å². The molecular formula is C17H19FN2O. The summed E-state index contributed by atoms with van der Waals surface area (Å²) in [6.45, 7) is 2.63. The van der Waals surface area contributed by atoms with Crippen molar-refractivity contribution >= 4 is 11.6 Å². The Labute approximate surface area is 124 Å². The highest BCUT2D eigenvalue weighted by atomic mass is 19.1. The fraction of sp³-hybridized carbons (Fsp3) is 0.235. The second kappa shape index (κ2) is 6.99. The van der Waals surface area contributed by atoms with Gasteiger partial charge in [-0.05, 0) is 36.8 Å². The minimum atomic E-state index is -0.392. The number of nitrogens with two attached hydrogens (primary N) is 1. The molecule has 0 aliphatic heterocycles. The molecule has 3 nitrogen and oxygen atoms in total. The van der Waals surface area contributed by atoms with Gasteiger partial charge < -0.3 is 10.6 Å². The van der Waals surface area contributed by atoms with Crippen LogP contribution in [-0.2, 0) is 4.79 Å². The average molecular weight is 286 g/mol. The van der Waals surface area contributed by atoms with E-state index in [1.54, 1.807) is 17.0 Å². The Morgan fingerprint density at radius 2 is 1.76 bits per heavy atom. The van der Waals surface area contributed by atoms with Crippen molar-refractivity contribution in [3.8, 4) is 0 Å². The summed E-state index contributed by atoms with van der Waals surface area (Å²) in [6.07, 6.45) is 0. The van der Waals surface area contributed by atoms with Crippen molar-refractivity contribution in [3.05, 3.63) is 66.0 Å². The number of benzene rings is 2. The molecule has 0 fully saturated rings. The highest BCUT2D eigenvalue weighted by Gasteiger charge is 2.24. The molecule has 0 radical (unpaired) electrons. The largest absolute Gasteiger partial charge is 0.329 e. The van der Waals surface area contributed by atoms with Crippen molar-refractivity contribution in [1.82, 2.24) is 0 Å². The van der Waals surface area contributed by atoms with Gasteiger partial charge in [0.25, 0.3) is 0 Å². The van der Waals surface area contributed by atoms with Gasteiger partial charge in [-0.1, -0.05) is 30.3 Å². The Bertz CT molecular complexity index is 583. The zero-order chi connectivity index (χ0) is 15.2. The average Bonchev–Trinajstić information content (AvgIpc) is 2.52. The predicted octanol–water partition coefficient (Wildman–Crippen LogP) is 2.92. The second-order valence-corrected chi connectivity index (χ2v) is 4.76. The lowest BCUT2D eigenvalue weighted by molar-refractivity contribution is -0.119. The van der Waals surface area contributed by atoms with E-state index < -0.39 is 5.92 Å². The van der Waals surface area contributed by atoms with Crippen molar-refractivity contribution in [3.63, 3.8) is 0 Å². The maximum absolute atomic E-state index is 13.0. The number of carbonyl (C=O) groups excluding carboxylic acids is 1. The molecule has 2 aromatic rings. The van der Waals surface area contributed by atoms with Crippen LogP contribution in [-0.4, -0.2) is 19.0 Å². The SMILES string of the molecule is CCN(C(=O)C(CN)c1ccccc1)c1ccc(F)cc1. The van der Waals surface area contributed by atoms with E-state index in [1.807, 2.05) is 37.3 Å². The van der Waals surface area contributed by atoms with E-state index in [-0.39, 0.29) is 18.3 Å². The number of rotatable bonds is 5. The van der Waals surface area contributed by atoms with Crippen LogP contribution in [0, 0.1) is 5.82 Å². The molecule has 0 spiro atoms. The van der Waals surface area contributed by atoms with Crippen molar-refractivity contribution in [2.75, 3.05) is 18.0 Å². The second-order valence-electron chi connectivity index (χ2n) is 4.76. The predicted molar refractivity (Wildman–Crippen MR) is 82.7 cm³/mol. The lowest BCUT2D eigenvalue weighted by Crippen LogP contribution is -2.38. The van der Waals surface area contributed by atoms with Crippen LogP contribution in [0.5, 0.6) is 0 Å². The van der Waals surface area contributed by atoms with Crippen LogP contribution in [0.1, 0.15) is 18.4 Å². The number of halogens is 1. The van der Waals surface area contributed by atoms with E-state index in [0.717, 1.165) is 5.56 Å². The molecule has 0 heterocycles. The van der Waals surface area contributed by atoms with Gasteiger partial charge in [0.05, 0.1) is 5.92 Å². The molecule has 4 heteroatoms. The Kier molecular flexibility index (Phi) is 5.06. The first-order valence-corrected chi connectivity index (χ1v) is 6.99. The molecule has 0 saturated carbocycles. The van der Waals surface area contributed by atoms with Crippen LogP contribution < -0.4 is 10.6 Å². The number of hydrogen-bond acceptors (Lipinski definition) is 2.